The Bertz CT molecular complexity index is 496. The van der Waals surface area contributed by atoms with E-state index in [4.69, 9.17) is 0 Å². The van der Waals surface area contributed by atoms with Crippen molar-refractivity contribution < 1.29 is 14.7 Å². The van der Waals surface area contributed by atoms with E-state index in [-0.39, 0.29) is 12.6 Å². The molecule has 0 radical (unpaired) electrons. The third kappa shape index (κ3) is 4.48. The van der Waals surface area contributed by atoms with Gasteiger partial charge in [0.25, 0.3) is 0 Å². The summed E-state index contributed by atoms with van der Waals surface area (Å²) in [6, 6.07) is 7.47. The minimum Gasteiger partial charge on any atom is -0.481 e. The maximum Gasteiger partial charge on any atom is 0.315 e. The summed E-state index contributed by atoms with van der Waals surface area (Å²) in [6.45, 7) is 6.19. The minimum atomic E-state index is -0.889. The van der Waals surface area contributed by atoms with Crippen molar-refractivity contribution in [3.8, 4) is 0 Å². The second kappa shape index (κ2) is 7.67. The summed E-state index contributed by atoms with van der Waals surface area (Å²) in [7, 11) is 0. The number of amides is 2. The van der Waals surface area contributed by atoms with Gasteiger partial charge in [-0.25, -0.2) is 4.79 Å². The molecular formula is C16H24N2O3. The molecule has 0 atom stereocenters. The van der Waals surface area contributed by atoms with E-state index >= 15 is 0 Å². The van der Waals surface area contributed by atoms with Gasteiger partial charge < -0.3 is 15.7 Å². The Morgan fingerprint density at radius 3 is 2.29 bits per heavy atom. The number of carbonyl (C=O) groups is 2. The van der Waals surface area contributed by atoms with E-state index in [1.807, 2.05) is 45.0 Å². The Balaban J connectivity index is 2.51. The average molecular weight is 292 g/mol. The van der Waals surface area contributed by atoms with Crippen molar-refractivity contribution in [1.82, 2.24) is 10.6 Å². The van der Waals surface area contributed by atoms with Crippen LogP contribution in [0.1, 0.15) is 37.8 Å². The van der Waals surface area contributed by atoms with E-state index in [0.717, 1.165) is 11.1 Å². The lowest BCUT2D eigenvalue weighted by molar-refractivity contribution is -0.149. The van der Waals surface area contributed by atoms with Gasteiger partial charge in [-0.1, -0.05) is 38.1 Å². The van der Waals surface area contributed by atoms with E-state index in [1.54, 1.807) is 0 Å². The Morgan fingerprint density at radius 2 is 1.76 bits per heavy atom. The van der Waals surface area contributed by atoms with Crippen molar-refractivity contribution in [2.45, 2.75) is 40.2 Å². The lowest BCUT2D eigenvalue weighted by Crippen LogP contribution is -2.45. The lowest BCUT2D eigenvalue weighted by Gasteiger charge is -2.26. The maximum absolute atomic E-state index is 11.8. The first kappa shape index (κ1) is 17.0. The van der Waals surface area contributed by atoms with Gasteiger partial charge in [0.2, 0.25) is 0 Å². The third-order valence-corrected chi connectivity index (χ3v) is 4.10. The van der Waals surface area contributed by atoms with Crippen LogP contribution in [0.2, 0.25) is 0 Å². The molecule has 0 heterocycles. The summed E-state index contributed by atoms with van der Waals surface area (Å²) in [4.78, 5) is 23.2. The Morgan fingerprint density at radius 1 is 1.14 bits per heavy atom. The SMILES string of the molecule is CCC(CC)(CNC(=O)NCc1ccccc1C)C(=O)O. The summed E-state index contributed by atoms with van der Waals surface area (Å²) >= 11 is 0. The predicted octanol–water partition coefficient (Wildman–Crippen LogP) is 2.69. The molecule has 5 nitrogen and oxygen atoms in total. The number of carbonyl (C=O) groups excluding carboxylic acids is 1. The highest BCUT2D eigenvalue weighted by atomic mass is 16.4. The number of nitrogens with one attached hydrogen (secondary N) is 2. The van der Waals surface area contributed by atoms with Crippen LogP contribution in [-0.4, -0.2) is 23.7 Å². The van der Waals surface area contributed by atoms with E-state index in [0.29, 0.717) is 19.4 Å². The monoisotopic (exact) mass is 292 g/mol. The number of benzene rings is 1. The molecule has 0 aliphatic heterocycles. The maximum atomic E-state index is 11.8. The number of rotatable bonds is 7. The van der Waals surface area contributed by atoms with Gasteiger partial charge in [0.1, 0.15) is 0 Å². The van der Waals surface area contributed by atoms with E-state index in [2.05, 4.69) is 10.6 Å². The zero-order valence-corrected chi connectivity index (χ0v) is 12.9. The highest BCUT2D eigenvalue weighted by Gasteiger charge is 2.35. The van der Waals surface area contributed by atoms with Crippen molar-refractivity contribution in [3.63, 3.8) is 0 Å². The molecule has 0 aliphatic rings. The number of aryl methyl sites for hydroxylation is 1. The fourth-order valence-corrected chi connectivity index (χ4v) is 2.17. The van der Waals surface area contributed by atoms with Gasteiger partial charge in [-0.05, 0) is 30.9 Å². The quantitative estimate of drug-likeness (QED) is 0.723. The summed E-state index contributed by atoms with van der Waals surface area (Å²) in [5.41, 5.74) is 1.27. The first-order chi connectivity index (χ1) is 9.95. The molecule has 0 aromatic heterocycles. The van der Waals surface area contributed by atoms with Crippen LogP contribution in [0.5, 0.6) is 0 Å². The molecule has 5 heteroatoms. The van der Waals surface area contributed by atoms with Gasteiger partial charge >= 0.3 is 12.0 Å². The number of carboxylic acid groups (broad SMARTS) is 1. The minimum absolute atomic E-state index is 0.134. The zero-order valence-electron chi connectivity index (χ0n) is 12.9. The number of aliphatic carboxylic acids is 1. The molecule has 1 aromatic rings. The molecule has 21 heavy (non-hydrogen) atoms. The molecule has 0 spiro atoms. The highest BCUT2D eigenvalue weighted by Crippen LogP contribution is 2.25. The van der Waals surface area contributed by atoms with Crippen molar-refractivity contribution in [1.29, 1.82) is 0 Å². The molecule has 116 valence electrons. The third-order valence-electron chi connectivity index (χ3n) is 4.10. The summed E-state index contributed by atoms with van der Waals surface area (Å²) in [5, 5.41) is 14.7. The van der Waals surface area contributed by atoms with Crippen molar-refractivity contribution in [3.05, 3.63) is 35.4 Å². The number of hydrogen-bond donors (Lipinski definition) is 3. The van der Waals surface area contributed by atoms with Crippen LogP contribution in [0.25, 0.3) is 0 Å². The molecule has 0 aliphatic carbocycles. The van der Waals surface area contributed by atoms with Crippen molar-refractivity contribution >= 4 is 12.0 Å². The molecule has 0 unspecified atom stereocenters. The number of carboxylic acids is 1. The molecule has 2 amide bonds. The van der Waals surface area contributed by atoms with Gasteiger partial charge in [0.05, 0.1) is 5.41 Å². The standard InChI is InChI=1S/C16H24N2O3/c1-4-16(5-2,14(19)20)11-18-15(21)17-10-13-9-7-6-8-12(13)3/h6-9H,4-5,10-11H2,1-3H3,(H,19,20)(H2,17,18,21). The molecule has 3 N–H and O–H groups in total. The fraction of sp³-hybridized carbons (Fsp3) is 0.500. The second-order valence-corrected chi connectivity index (χ2v) is 5.26. The van der Waals surface area contributed by atoms with Crippen molar-refractivity contribution in [2.75, 3.05) is 6.54 Å². The van der Waals surface area contributed by atoms with Gasteiger partial charge in [0, 0.05) is 13.1 Å². The Hall–Kier alpha value is -2.04. The van der Waals surface area contributed by atoms with E-state index < -0.39 is 11.4 Å². The van der Waals surface area contributed by atoms with Gasteiger partial charge in [0.15, 0.2) is 0 Å². The molecule has 0 saturated heterocycles. The highest BCUT2D eigenvalue weighted by molar-refractivity contribution is 5.78. The zero-order chi connectivity index (χ0) is 15.9. The average Bonchev–Trinajstić information content (AvgIpc) is 2.47. The molecule has 0 saturated carbocycles. The molecule has 1 aromatic carbocycles. The van der Waals surface area contributed by atoms with Gasteiger partial charge in [-0.15, -0.1) is 0 Å². The molecule has 0 fully saturated rings. The summed E-state index contributed by atoms with van der Waals surface area (Å²) < 4.78 is 0. The second-order valence-electron chi connectivity index (χ2n) is 5.26. The van der Waals surface area contributed by atoms with E-state index in [1.165, 1.54) is 0 Å². The predicted molar refractivity (Wildman–Crippen MR) is 82.1 cm³/mol. The summed E-state index contributed by atoms with van der Waals surface area (Å²) in [6.07, 6.45) is 0.966. The van der Waals surface area contributed by atoms with E-state index in [9.17, 15) is 14.7 Å². The van der Waals surface area contributed by atoms with Gasteiger partial charge in [-0.2, -0.15) is 0 Å². The fourth-order valence-electron chi connectivity index (χ4n) is 2.17. The van der Waals surface area contributed by atoms with Crippen LogP contribution >= 0.6 is 0 Å². The van der Waals surface area contributed by atoms with Gasteiger partial charge in [-0.3, -0.25) is 4.79 Å². The Labute approximate surface area is 125 Å². The summed E-state index contributed by atoms with van der Waals surface area (Å²) in [5.74, 6) is -0.869. The van der Waals surface area contributed by atoms with Crippen LogP contribution in [-0.2, 0) is 11.3 Å². The van der Waals surface area contributed by atoms with Crippen LogP contribution in [0.15, 0.2) is 24.3 Å². The molecule has 1 rings (SSSR count). The van der Waals surface area contributed by atoms with Crippen LogP contribution in [0.4, 0.5) is 4.79 Å². The Kier molecular flexibility index (Phi) is 6.21. The normalized spacial score (nSPS) is 11.0. The topological polar surface area (TPSA) is 78.4 Å². The van der Waals surface area contributed by atoms with Crippen LogP contribution in [0, 0.1) is 12.3 Å². The largest absolute Gasteiger partial charge is 0.481 e. The smallest absolute Gasteiger partial charge is 0.315 e. The molecular weight excluding hydrogens is 268 g/mol. The van der Waals surface area contributed by atoms with Crippen LogP contribution in [0.3, 0.4) is 0 Å². The molecule has 0 bridgehead atoms. The van der Waals surface area contributed by atoms with Crippen molar-refractivity contribution in [2.24, 2.45) is 5.41 Å². The number of hydrogen-bond acceptors (Lipinski definition) is 2. The first-order valence-corrected chi connectivity index (χ1v) is 7.24. The number of urea groups is 1. The van der Waals surface area contributed by atoms with Crippen LogP contribution < -0.4 is 10.6 Å². The first-order valence-electron chi connectivity index (χ1n) is 7.24. The lowest BCUT2D eigenvalue weighted by atomic mass is 9.82.